The van der Waals surface area contributed by atoms with E-state index in [1.165, 1.54) is 23.9 Å². The van der Waals surface area contributed by atoms with E-state index in [-0.39, 0.29) is 12.1 Å². The number of hydrogen-bond donors (Lipinski definition) is 1. The lowest BCUT2D eigenvalue weighted by molar-refractivity contribution is -0.146. The molecule has 3 aromatic rings. The largest absolute Gasteiger partial charge is 0.455 e. The Balaban J connectivity index is 1.64. The summed E-state index contributed by atoms with van der Waals surface area (Å²) in [5.74, 6) is -1.31. The van der Waals surface area contributed by atoms with Crippen LogP contribution in [0.25, 0.3) is 5.78 Å². The van der Waals surface area contributed by atoms with E-state index in [0.717, 1.165) is 11.3 Å². The van der Waals surface area contributed by atoms with Gasteiger partial charge in [-0.1, -0.05) is 17.8 Å². The van der Waals surface area contributed by atoms with Crippen molar-refractivity contribution < 1.29 is 18.7 Å². The van der Waals surface area contributed by atoms with Crippen molar-refractivity contribution in [1.82, 2.24) is 19.6 Å². The van der Waals surface area contributed by atoms with Crippen LogP contribution in [0.3, 0.4) is 0 Å². The Hall–Kier alpha value is -3.01. The first-order valence-electron chi connectivity index (χ1n) is 8.77. The van der Waals surface area contributed by atoms with Crippen molar-refractivity contribution in [2.24, 2.45) is 0 Å². The maximum absolute atomic E-state index is 13.8. The highest BCUT2D eigenvalue weighted by Crippen LogP contribution is 2.18. The molecule has 3 rings (SSSR count). The van der Waals surface area contributed by atoms with Gasteiger partial charge in [-0.15, -0.1) is 5.10 Å². The normalized spacial score (nSPS) is 10.9. The fraction of sp³-hybridized carbons (Fsp3) is 0.316. The zero-order valence-corrected chi connectivity index (χ0v) is 17.3. The lowest BCUT2D eigenvalue weighted by atomic mass is 10.1. The van der Waals surface area contributed by atoms with E-state index >= 15 is 0 Å². The molecule has 2 heterocycles. The van der Waals surface area contributed by atoms with Crippen molar-refractivity contribution in [3.05, 3.63) is 46.5 Å². The molecule has 0 saturated carbocycles. The zero-order valence-electron chi connectivity index (χ0n) is 16.4. The number of nitrogens with zero attached hydrogens (tertiary/aromatic N) is 4. The number of halogens is 1. The predicted octanol–water partition coefficient (Wildman–Crippen LogP) is 2.63. The van der Waals surface area contributed by atoms with Crippen molar-refractivity contribution in [2.75, 3.05) is 18.2 Å². The highest BCUT2D eigenvalue weighted by Gasteiger charge is 2.17. The molecule has 2 aromatic heterocycles. The minimum absolute atomic E-state index is 0.0359. The molecular weight excluding hydrogens is 397 g/mol. The van der Waals surface area contributed by atoms with E-state index in [2.05, 4.69) is 20.4 Å². The van der Waals surface area contributed by atoms with Crippen LogP contribution in [0.1, 0.15) is 22.5 Å². The van der Waals surface area contributed by atoms with Crippen LogP contribution in [0.15, 0.2) is 23.4 Å². The van der Waals surface area contributed by atoms with Gasteiger partial charge in [0.2, 0.25) is 5.16 Å². The number of rotatable bonds is 6. The van der Waals surface area contributed by atoms with Gasteiger partial charge < -0.3 is 10.1 Å². The Bertz CT molecular complexity index is 1100. The number of nitrogens with one attached hydrogen (secondary N) is 1. The summed E-state index contributed by atoms with van der Waals surface area (Å²) in [5, 5.41) is 7.30. The second-order valence-corrected chi connectivity index (χ2v) is 7.21. The number of ether oxygens (including phenoxy) is 1. The van der Waals surface area contributed by atoms with Crippen molar-refractivity contribution in [3.8, 4) is 0 Å². The molecule has 8 nitrogen and oxygen atoms in total. The topological polar surface area (TPSA) is 98.5 Å². The van der Waals surface area contributed by atoms with Crippen molar-refractivity contribution in [2.45, 2.75) is 32.3 Å². The number of benzene rings is 1. The van der Waals surface area contributed by atoms with Gasteiger partial charge >= 0.3 is 5.97 Å². The smallest absolute Gasteiger partial charge is 0.310 e. The summed E-state index contributed by atoms with van der Waals surface area (Å²) in [6, 6.07) is 4.44. The Morgan fingerprint density at radius 1 is 1.24 bits per heavy atom. The number of carbonyl (C=O) groups is 2. The minimum Gasteiger partial charge on any atom is -0.455 e. The first kappa shape index (κ1) is 20.7. The predicted molar refractivity (Wildman–Crippen MR) is 106 cm³/mol. The highest BCUT2D eigenvalue weighted by molar-refractivity contribution is 7.98. The van der Waals surface area contributed by atoms with Crippen LogP contribution in [0.5, 0.6) is 0 Å². The fourth-order valence-corrected chi connectivity index (χ4v) is 3.12. The number of carbonyl (C=O) groups excluding carboxylic acids is 2. The number of hydrogen-bond acceptors (Lipinski definition) is 7. The third kappa shape index (κ3) is 4.70. The zero-order chi connectivity index (χ0) is 21.1. The summed E-state index contributed by atoms with van der Waals surface area (Å²) in [6.07, 6.45) is 1.80. The third-order valence-corrected chi connectivity index (χ3v) is 4.83. The number of thioether (sulfide) groups is 1. The lowest BCUT2D eigenvalue weighted by Crippen LogP contribution is -2.22. The molecule has 1 amide bonds. The molecule has 0 aliphatic carbocycles. The molecule has 1 N–H and O–H groups in total. The second-order valence-electron chi connectivity index (χ2n) is 6.44. The fourth-order valence-electron chi connectivity index (χ4n) is 2.78. The number of fused-ring (bicyclic) bond motifs is 1. The Labute approximate surface area is 170 Å². The third-order valence-electron chi connectivity index (χ3n) is 4.30. The molecule has 29 heavy (non-hydrogen) atoms. The monoisotopic (exact) mass is 417 g/mol. The molecule has 0 saturated heterocycles. The van der Waals surface area contributed by atoms with Gasteiger partial charge in [-0.05, 0) is 44.7 Å². The van der Waals surface area contributed by atoms with Crippen LogP contribution in [-0.2, 0) is 20.7 Å². The van der Waals surface area contributed by atoms with Gasteiger partial charge in [-0.25, -0.2) is 13.9 Å². The Kier molecular flexibility index (Phi) is 6.12. The highest BCUT2D eigenvalue weighted by atomic mass is 32.2. The number of aromatic nitrogens is 4. The van der Waals surface area contributed by atoms with Crippen LogP contribution in [0.2, 0.25) is 0 Å². The van der Waals surface area contributed by atoms with Crippen LogP contribution in [-0.4, -0.2) is 44.3 Å². The molecule has 0 aliphatic rings. The van der Waals surface area contributed by atoms with Gasteiger partial charge in [-0.3, -0.25) is 9.59 Å². The van der Waals surface area contributed by atoms with Gasteiger partial charge in [0.25, 0.3) is 11.7 Å². The van der Waals surface area contributed by atoms with E-state index in [0.29, 0.717) is 22.2 Å². The Morgan fingerprint density at radius 3 is 2.69 bits per heavy atom. The van der Waals surface area contributed by atoms with Crippen LogP contribution in [0.4, 0.5) is 10.1 Å². The standard InChI is InChI=1S/C19H20FN5O3S/c1-10-5-6-15(14(20)7-10)22-16(26)9-28-17(27)8-13-11(2)21-18-23-19(29-4)24-25(18)12(13)3/h5-7H,8-9H2,1-4H3,(H,22,26). The summed E-state index contributed by atoms with van der Waals surface area (Å²) >= 11 is 1.40. The minimum atomic E-state index is -0.621. The molecule has 0 bridgehead atoms. The van der Waals surface area contributed by atoms with Gasteiger partial charge in [0, 0.05) is 17.0 Å². The molecule has 0 aliphatic heterocycles. The first-order valence-corrected chi connectivity index (χ1v) is 9.99. The van der Waals surface area contributed by atoms with Crippen molar-refractivity contribution in [3.63, 3.8) is 0 Å². The maximum Gasteiger partial charge on any atom is 0.310 e. The molecule has 1 aromatic carbocycles. The van der Waals surface area contributed by atoms with E-state index < -0.39 is 24.3 Å². The van der Waals surface area contributed by atoms with E-state index in [1.54, 1.807) is 24.4 Å². The van der Waals surface area contributed by atoms with E-state index in [9.17, 15) is 14.0 Å². The lowest BCUT2D eigenvalue weighted by Gasteiger charge is -2.11. The van der Waals surface area contributed by atoms with Crippen LogP contribution >= 0.6 is 11.8 Å². The van der Waals surface area contributed by atoms with Gasteiger partial charge in [0.1, 0.15) is 5.82 Å². The number of amides is 1. The molecule has 0 spiro atoms. The van der Waals surface area contributed by atoms with E-state index in [4.69, 9.17) is 4.74 Å². The average Bonchev–Trinajstić information content (AvgIpc) is 3.09. The SMILES string of the molecule is CSc1nc2nc(C)c(CC(=O)OCC(=O)Nc3ccc(C)cc3F)c(C)n2n1. The molecule has 0 atom stereocenters. The second kappa shape index (κ2) is 8.56. The molecule has 152 valence electrons. The summed E-state index contributed by atoms with van der Waals surface area (Å²) in [6.45, 7) is 4.82. The number of anilines is 1. The average molecular weight is 417 g/mol. The number of aryl methyl sites for hydroxylation is 3. The maximum atomic E-state index is 13.8. The first-order chi connectivity index (χ1) is 13.8. The van der Waals surface area contributed by atoms with Gasteiger partial charge in [0.05, 0.1) is 12.1 Å². The van der Waals surface area contributed by atoms with Gasteiger partial charge in [-0.2, -0.15) is 4.98 Å². The summed E-state index contributed by atoms with van der Waals surface area (Å²) in [4.78, 5) is 32.9. The Morgan fingerprint density at radius 2 is 2.00 bits per heavy atom. The molecule has 0 unspecified atom stereocenters. The summed E-state index contributed by atoms with van der Waals surface area (Å²) in [7, 11) is 0. The van der Waals surface area contributed by atoms with Crippen LogP contribution in [0, 0.1) is 26.6 Å². The number of esters is 1. The summed E-state index contributed by atoms with van der Waals surface area (Å²) < 4.78 is 20.4. The molecule has 0 fully saturated rings. The van der Waals surface area contributed by atoms with Crippen LogP contribution < -0.4 is 5.32 Å². The molecule has 10 heteroatoms. The molecular formula is C19H20FN5O3S. The molecule has 0 radical (unpaired) electrons. The van der Waals surface area contributed by atoms with Crippen molar-refractivity contribution >= 4 is 35.1 Å². The summed E-state index contributed by atoms with van der Waals surface area (Å²) in [5.41, 5.74) is 2.79. The van der Waals surface area contributed by atoms with E-state index in [1.807, 2.05) is 13.2 Å². The van der Waals surface area contributed by atoms with Gasteiger partial charge in [0.15, 0.2) is 6.61 Å². The van der Waals surface area contributed by atoms with Crippen molar-refractivity contribution in [1.29, 1.82) is 0 Å². The quantitative estimate of drug-likeness (QED) is 0.486.